The third-order valence-corrected chi connectivity index (χ3v) is 3.25. The highest BCUT2D eigenvalue weighted by Gasteiger charge is 2.17. The number of aromatic nitrogens is 1. The number of nitrogens with two attached hydrogens (primary N) is 1. The Bertz CT molecular complexity index is 437. The van der Waals surface area contributed by atoms with Crippen LogP contribution in [0.2, 0.25) is 0 Å². The third-order valence-electron chi connectivity index (χ3n) is 2.82. The Balaban J connectivity index is 2.75. The second-order valence-electron chi connectivity index (χ2n) is 4.63. The number of nitrogen functional groups attached to an aromatic ring is 1. The van der Waals surface area contributed by atoms with Gasteiger partial charge in [0.1, 0.15) is 5.82 Å². The van der Waals surface area contributed by atoms with Crippen LogP contribution in [0, 0.1) is 0 Å². The molecule has 0 bridgehead atoms. The molecule has 0 spiro atoms. The van der Waals surface area contributed by atoms with E-state index >= 15 is 0 Å². The molecule has 0 aliphatic rings. The Morgan fingerprint density at radius 3 is 2.68 bits per heavy atom. The molecule has 1 amide bonds. The minimum Gasteiger partial charge on any atom is -0.383 e. The first kappa shape index (κ1) is 15.9. The Hall–Kier alpha value is -1.14. The minimum atomic E-state index is -0.0624. The minimum absolute atomic E-state index is 0.0624. The third kappa shape index (κ3) is 4.80. The van der Waals surface area contributed by atoms with Gasteiger partial charge in [-0.2, -0.15) is 0 Å². The number of amides is 1. The van der Waals surface area contributed by atoms with Gasteiger partial charge in [0.05, 0.1) is 5.56 Å². The summed E-state index contributed by atoms with van der Waals surface area (Å²) in [7, 11) is 4.04. The van der Waals surface area contributed by atoms with Crippen molar-refractivity contribution >= 4 is 27.7 Å². The van der Waals surface area contributed by atoms with Gasteiger partial charge in [-0.05, 0) is 56.0 Å². The van der Waals surface area contributed by atoms with E-state index in [0.29, 0.717) is 12.1 Å². The molecular formula is C13H21BrN4O. The van der Waals surface area contributed by atoms with Gasteiger partial charge >= 0.3 is 0 Å². The first-order valence-corrected chi connectivity index (χ1v) is 7.10. The summed E-state index contributed by atoms with van der Waals surface area (Å²) in [4.78, 5) is 20.3. The summed E-state index contributed by atoms with van der Waals surface area (Å²) in [5.41, 5.74) is 6.23. The Morgan fingerprint density at radius 1 is 1.42 bits per heavy atom. The van der Waals surface area contributed by atoms with Gasteiger partial charge in [-0.15, -0.1) is 0 Å². The first-order valence-electron chi connectivity index (χ1n) is 6.30. The molecule has 0 saturated carbocycles. The van der Waals surface area contributed by atoms with Crippen molar-refractivity contribution in [3.63, 3.8) is 0 Å². The maximum absolute atomic E-state index is 12.4. The molecule has 0 saturated heterocycles. The monoisotopic (exact) mass is 328 g/mol. The van der Waals surface area contributed by atoms with Crippen LogP contribution in [0.5, 0.6) is 0 Å². The number of anilines is 1. The number of pyridine rings is 1. The lowest BCUT2D eigenvalue weighted by molar-refractivity contribution is 0.0760. The highest BCUT2D eigenvalue weighted by molar-refractivity contribution is 9.10. The van der Waals surface area contributed by atoms with Crippen LogP contribution >= 0.6 is 15.9 Å². The first-order chi connectivity index (χ1) is 8.95. The maximum Gasteiger partial charge on any atom is 0.257 e. The van der Waals surface area contributed by atoms with Crippen LogP contribution in [0.3, 0.4) is 0 Å². The van der Waals surface area contributed by atoms with E-state index in [-0.39, 0.29) is 11.7 Å². The SMILES string of the molecule is CCN(CCCN(C)C)C(=O)c1cc(Br)cnc1N. The van der Waals surface area contributed by atoms with E-state index in [0.717, 1.165) is 24.0 Å². The smallest absolute Gasteiger partial charge is 0.257 e. The van der Waals surface area contributed by atoms with Gasteiger partial charge in [0.2, 0.25) is 0 Å². The van der Waals surface area contributed by atoms with Crippen molar-refractivity contribution in [3.05, 3.63) is 22.3 Å². The van der Waals surface area contributed by atoms with Crippen LogP contribution in [-0.2, 0) is 0 Å². The van der Waals surface area contributed by atoms with Crippen LogP contribution in [-0.4, -0.2) is 54.4 Å². The molecule has 19 heavy (non-hydrogen) atoms. The van der Waals surface area contributed by atoms with Crippen LogP contribution in [0.4, 0.5) is 5.82 Å². The zero-order valence-corrected chi connectivity index (χ0v) is 13.3. The highest BCUT2D eigenvalue weighted by Crippen LogP contribution is 2.17. The van der Waals surface area contributed by atoms with E-state index in [1.165, 1.54) is 0 Å². The second-order valence-corrected chi connectivity index (χ2v) is 5.54. The molecular weight excluding hydrogens is 308 g/mol. The normalized spacial score (nSPS) is 10.8. The number of hydrogen-bond donors (Lipinski definition) is 1. The predicted octanol–water partition coefficient (Wildman–Crippen LogP) is 1.84. The number of nitrogens with zero attached hydrogens (tertiary/aromatic N) is 3. The molecule has 1 aromatic rings. The van der Waals surface area contributed by atoms with Gasteiger partial charge in [0.25, 0.3) is 5.91 Å². The van der Waals surface area contributed by atoms with Gasteiger partial charge in [-0.3, -0.25) is 4.79 Å². The number of carbonyl (C=O) groups is 1. The number of halogens is 1. The second kappa shape index (κ2) is 7.45. The van der Waals surface area contributed by atoms with Gasteiger partial charge < -0.3 is 15.5 Å². The molecule has 0 aliphatic heterocycles. The topological polar surface area (TPSA) is 62.5 Å². The van der Waals surface area contributed by atoms with Crippen molar-refractivity contribution in [2.24, 2.45) is 0 Å². The molecule has 106 valence electrons. The quantitative estimate of drug-likeness (QED) is 0.865. The molecule has 2 N–H and O–H groups in total. The van der Waals surface area contributed by atoms with Crippen molar-refractivity contribution in [2.45, 2.75) is 13.3 Å². The lowest BCUT2D eigenvalue weighted by Gasteiger charge is -2.22. The summed E-state index contributed by atoms with van der Waals surface area (Å²) in [5.74, 6) is 0.215. The van der Waals surface area contributed by atoms with E-state index in [1.807, 2.05) is 21.0 Å². The van der Waals surface area contributed by atoms with Crippen LogP contribution in [0.25, 0.3) is 0 Å². The maximum atomic E-state index is 12.4. The van der Waals surface area contributed by atoms with Crippen LogP contribution in [0.1, 0.15) is 23.7 Å². The Kier molecular flexibility index (Phi) is 6.24. The fourth-order valence-corrected chi connectivity index (χ4v) is 2.10. The molecule has 0 aromatic carbocycles. The average Bonchev–Trinajstić information content (AvgIpc) is 2.36. The number of rotatable bonds is 6. The number of hydrogen-bond acceptors (Lipinski definition) is 4. The van der Waals surface area contributed by atoms with E-state index in [1.54, 1.807) is 17.2 Å². The largest absolute Gasteiger partial charge is 0.383 e. The van der Waals surface area contributed by atoms with Gasteiger partial charge in [0.15, 0.2) is 0 Å². The van der Waals surface area contributed by atoms with Gasteiger partial charge in [0, 0.05) is 23.8 Å². The average molecular weight is 329 g/mol. The molecule has 0 aliphatic carbocycles. The van der Waals surface area contributed by atoms with E-state index in [2.05, 4.69) is 25.8 Å². The molecule has 0 atom stereocenters. The lowest BCUT2D eigenvalue weighted by Crippen LogP contribution is -2.33. The van der Waals surface area contributed by atoms with Crippen molar-refractivity contribution < 1.29 is 4.79 Å². The lowest BCUT2D eigenvalue weighted by atomic mass is 10.2. The van der Waals surface area contributed by atoms with E-state index < -0.39 is 0 Å². The molecule has 0 fully saturated rings. The van der Waals surface area contributed by atoms with Crippen LogP contribution < -0.4 is 5.73 Å². The number of carbonyl (C=O) groups excluding carboxylic acids is 1. The molecule has 5 nitrogen and oxygen atoms in total. The van der Waals surface area contributed by atoms with Crippen molar-refractivity contribution in [3.8, 4) is 0 Å². The fourth-order valence-electron chi connectivity index (χ4n) is 1.77. The highest BCUT2D eigenvalue weighted by atomic mass is 79.9. The molecule has 0 unspecified atom stereocenters. The van der Waals surface area contributed by atoms with Crippen molar-refractivity contribution in [1.29, 1.82) is 0 Å². The molecule has 1 rings (SSSR count). The summed E-state index contributed by atoms with van der Waals surface area (Å²) >= 11 is 3.31. The molecule has 6 heteroatoms. The van der Waals surface area contributed by atoms with Gasteiger partial charge in [-0.1, -0.05) is 0 Å². The van der Waals surface area contributed by atoms with Gasteiger partial charge in [-0.25, -0.2) is 4.98 Å². The summed E-state index contributed by atoms with van der Waals surface area (Å²) in [6.07, 6.45) is 2.53. The summed E-state index contributed by atoms with van der Waals surface area (Å²) < 4.78 is 0.759. The summed E-state index contributed by atoms with van der Waals surface area (Å²) in [6.45, 7) is 4.31. The Labute approximate surface area is 122 Å². The zero-order valence-electron chi connectivity index (χ0n) is 11.7. The standard InChI is InChI=1S/C13H21BrN4O/c1-4-18(7-5-6-17(2)3)13(19)11-8-10(14)9-16-12(11)15/h8-9H,4-7H2,1-3H3,(H2,15,16). The van der Waals surface area contributed by atoms with Crippen molar-refractivity contribution in [2.75, 3.05) is 39.5 Å². The fraction of sp³-hybridized carbons (Fsp3) is 0.538. The van der Waals surface area contributed by atoms with Crippen LogP contribution in [0.15, 0.2) is 16.7 Å². The predicted molar refractivity (Wildman–Crippen MR) is 81.1 cm³/mol. The summed E-state index contributed by atoms with van der Waals surface area (Å²) in [5, 5.41) is 0. The summed E-state index contributed by atoms with van der Waals surface area (Å²) in [6, 6.07) is 1.72. The molecule has 0 radical (unpaired) electrons. The zero-order chi connectivity index (χ0) is 14.4. The van der Waals surface area contributed by atoms with Crippen molar-refractivity contribution in [1.82, 2.24) is 14.8 Å². The Morgan fingerprint density at radius 2 is 2.11 bits per heavy atom. The van der Waals surface area contributed by atoms with E-state index in [4.69, 9.17) is 5.73 Å². The molecule has 1 heterocycles. The van der Waals surface area contributed by atoms with E-state index in [9.17, 15) is 4.79 Å². The molecule has 1 aromatic heterocycles.